The molecular formula is C20H29N3O2. The molecule has 1 saturated carbocycles. The molecule has 1 N–H and O–H groups in total. The molecule has 2 saturated heterocycles. The summed E-state index contributed by atoms with van der Waals surface area (Å²) in [6.07, 6.45) is 8.29. The number of carbonyl (C=O) groups is 1. The molecule has 3 fully saturated rings. The van der Waals surface area contributed by atoms with Crippen molar-refractivity contribution in [1.82, 2.24) is 9.88 Å². The van der Waals surface area contributed by atoms with E-state index in [1.54, 1.807) is 0 Å². The van der Waals surface area contributed by atoms with Crippen LogP contribution in [0.25, 0.3) is 0 Å². The Morgan fingerprint density at radius 1 is 1.20 bits per heavy atom. The average Bonchev–Trinajstić information content (AvgIpc) is 2.92. The predicted octanol–water partition coefficient (Wildman–Crippen LogP) is 2.51. The second kappa shape index (κ2) is 6.60. The summed E-state index contributed by atoms with van der Waals surface area (Å²) in [6.45, 7) is 4.76. The minimum Gasteiger partial charge on any atom is -0.393 e. The molecule has 1 unspecified atom stereocenters. The Morgan fingerprint density at radius 3 is 2.76 bits per heavy atom. The van der Waals surface area contributed by atoms with Gasteiger partial charge in [-0.3, -0.25) is 4.79 Å². The van der Waals surface area contributed by atoms with E-state index in [9.17, 15) is 9.90 Å². The average molecular weight is 343 g/mol. The summed E-state index contributed by atoms with van der Waals surface area (Å²) in [4.78, 5) is 22.3. The number of amides is 1. The molecule has 136 valence electrons. The van der Waals surface area contributed by atoms with Crippen LogP contribution in [-0.2, 0) is 4.79 Å². The number of rotatable bonds is 2. The Kier molecular flexibility index (Phi) is 4.44. The lowest BCUT2D eigenvalue weighted by atomic mass is 9.78. The normalized spacial score (nSPS) is 33.3. The number of piperidine rings is 1. The van der Waals surface area contributed by atoms with Gasteiger partial charge in [-0.05, 0) is 69.6 Å². The topological polar surface area (TPSA) is 56.7 Å². The van der Waals surface area contributed by atoms with Gasteiger partial charge in [-0.1, -0.05) is 0 Å². The number of aryl methyl sites for hydroxylation is 1. The Bertz CT molecular complexity index is 642. The van der Waals surface area contributed by atoms with Gasteiger partial charge in [0.15, 0.2) is 0 Å². The molecule has 5 heteroatoms. The van der Waals surface area contributed by atoms with Gasteiger partial charge in [-0.15, -0.1) is 0 Å². The van der Waals surface area contributed by atoms with Crippen molar-refractivity contribution < 1.29 is 9.90 Å². The highest BCUT2D eigenvalue weighted by atomic mass is 16.3. The number of nitrogens with zero attached hydrogens (tertiary/aromatic N) is 3. The zero-order chi connectivity index (χ0) is 17.4. The van der Waals surface area contributed by atoms with E-state index in [1.807, 2.05) is 12.3 Å². The first-order valence-corrected chi connectivity index (χ1v) is 9.74. The van der Waals surface area contributed by atoms with Crippen molar-refractivity contribution in [1.29, 1.82) is 0 Å². The number of pyridine rings is 1. The minimum atomic E-state index is -0.222. The summed E-state index contributed by atoms with van der Waals surface area (Å²) in [5.41, 5.74) is 0.990. The smallest absolute Gasteiger partial charge is 0.230 e. The second-order valence-electron chi connectivity index (χ2n) is 8.21. The largest absolute Gasteiger partial charge is 0.393 e. The standard InChI is InChI=1S/C20H29N3O2/c1-15-7-10-21-18(13-15)22-11-2-8-20(14-22)9-12-23(19(20)25)16-3-5-17(24)6-4-16/h7,10,13,16-17,24H,2-6,8-9,11-12,14H2,1H3/t16-,17-,20?. The summed E-state index contributed by atoms with van der Waals surface area (Å²) in [5.74, 6) is 1.36. The molecule has 1 aromatic rings. The highest BCUT2D eigenvalue weighted by Gasteiger charge is 2.50. The first kappa shape index (κ1) is 16.8. The van der Waals surface area contributed by atoms with Crippen LogP contribution in [-0.4, -0.2) is 52.7 Å². The zero-order valence-corrected chi connectivity index (χ0v) is 15.2. The Morgan fingerprint density at radius 2 is 2.00 bits per heavy atom. The van der Waals surface area contributed by atoms with Crippen molar-refractivity contribution in [2.24, 2.45) is 5.41 Å². The van der Waals surface area contributed by atoms with E-state index < -0.39 is 0 Å². The number of aliphatic hydroxyl groups is 1. The lowest BCUT2D eigenvalue weighted by Gasteiger charge is -2.41. The van der Waals surface area contributed by atoms with Crippen LogP contribution in [0.1, 0.15) is 50.5 Å². The third-order valence-corrected chi connectivity index (χ3v) is 6.45. The van der Waals surface area contributed by atoms with Gasteiger partial charge in [0.2, 0.25) is 5.91 Å². The molecule has 1 aromatic heterocycles. The van der Waals surface area contributed by atoms with Crippen LogP contribution in [0.3, 0.4) is 0 Å². The minimum absolute atomic E-state index is 0.166. The lowest BCUT2D eigenvalue weighted by Crippen LogP contribution is -2.50. The molecular weight excluding hydrogens is 314 g/mol. The SMILES string of the molecule is Cc1ccnc(N2CCCC3(CCN([C@H]4CC[C@H](O)CC4)C3=O)C2)c1. The van der Waals surface area contributed by atoms with Crippen LogP contribution < -0.4 is 4.90 Å². The number of aliphatic hydroxyl groups excluding tert-OH is 1. The van der Waals surface area contributed by atoms with Crippen LogP contribution in [0.5, 0.6) is 0 Å². The molecule has 3 heterocycles. The van der Waals surface area contributed by atoms with Gasteiger partial charge in [0, 0.05) is 31.9 Å². The van der Waals surface area contributed by atoms with Crippen LogP contribution in [0.2, 0.25) is 0 Å². The van der Waals surface area contributed by atoms with Crippen molar-refractivity contribution >= 4 is 11.7 Å². The summed E-state index contributed by atoms with van der Waals surface area (Å²) in [5, 5.41) is 9.74. The quantitative estimate of drug-likeness (QED) is 0.896. The van der Waals surface area contributed by atoms with Crippen LogP contribution in [0, 0.1) is 12.3 Å². The Labute approximate surface area is 150 Å². The van der Waals surface area contributed by atoms with Gasteiger partial charge in [-0.2, -0.15) is 0 Å². The maximum atomic E-state index is 13.3. The van der Waals surface area contributed by atoms with Gasteiger partial charge in [0.05, 0.1) is 11.5 Å². The summed E-state index contributed by atoms with van der Waals surface area (Å²) >= 11 is 0. The number of hydrogen-bond donors (Lipinski definition) is 1. The van der Waals surface area contributed by atoms with Crippen molar-refractivity contribution in [3.8, 4) is 0 Å². The van der Waals surface area contributed by atoms with Gasteiger partial charge in [0.1, 0.15) is 5.82 Å². The number of aromatic nitrogens is 1. The summed E-state index contributed by atoms with van der Waals surface area (Å²) in [6, 6.07) is 4.48. The third kappa shape index (κ3) is 3.14. The number of carbonyl (C=O) groups excluding carboxylic acids is 1. The van der Waals surface area contributed by atoms with E-state index in [4.69, 9.17) is 0 Å². The highest BCUT2D eigenvalue weighted by Crippen LogP contribution is 2.43. The van der Waals surface area contributed by atoms with E-state index >= 15 is 0 Å². The van der Waals surface area contributed by atoms with E-state index in [2.05, 4.69) is 27.8 Å². The van der Waals surface area contributed by atoms with E-state index in [0.29, 0.717) is 11.9 Å². The number of likely N-dealkylation sites (tertiary alicyclic amines) is 1. The first-order chi connectivity index (χ1) is 12.1. The third-order valence-electron chi connectivity index (χ3n) is 6.45. The van der Waals surface area contributed by atoms with Gasteiger partial charge >= 0.3 is 0 Å². The van der Waals surface area contributed by atoms with Crippen LogP contribution in [0.15, 0.2) is 18.3 Å². The molecule has 5 nitrogen and oxygen atoms in total. The van der Waals surface area contributed by atoms with Crippen LogP contribution >= 0.6 is 0 Å². The van der Waals surface area contributed by atoms with Crippen molar-refractivity contribution in [3.63, 3.8) is 0 Å². The number of anilines is 1. The maximum absolute atomic E-state index is 13.3. The fourth-order valence-corrected chi connectivity index (χ4v) is 4.96. The molecule has 3 aliphatic rings. The van der Waals surface area contributed by atoms with Crippen LogP contribution in [0.4, 0.5) is 5.82 Å². The van der Waals surface area contributed by atoms with Crippen molar-refractivity contribution in [3.05, 3.63) is 23.9 Å². The monoisotopic (exact) mass is 343 g/mol. The molecule has 0 radical (unpaired) electrons. The highest BCUT2D eigenvalue weighted by molar-refractivity contribution is 5.86. The Hall–Kier alpha value is -1.62. The molecule has 0 bridgehead atoms. The molecule has 1 atom stereocenters. The molecule has 1 aliphatic carbocycles. The van der Waals surface area contributed by atoms with E-state index in [0.717, 1.165) is 70.4 Å². The fraction of sp³-hybridized carbons (Fsp3) is 0.700. The molecule has 4 rings (SSSR count). The summed E-state index contributed by atoms with van der Waals surface area (Å²) in [7, 11) is 0. The first-order valence-electron chi connectivity index (χ1n) is 9.74. The van der Waals surface area contributed by atoms with Gasteiger partial charge in [0.25, 0.3) is 0 Å². The zero-order valence-electron chi connectivity index (χ0n) is 15.2. The molecule has 0 aromatic carbocycles. The fourth-order valence-electron chi connectivity index (χ4n) is 4.96. The molecule has 25 heavy (non-hydrogen) atoms. The van der Waals surface area contributed by atoms with Crippen molar-refractivity contribution in [2.45, 2.75) is 64.0 Å². The lowest BCUT2D eigenvalue weighted by molar-refractivity contribution is -0.139. The number of hydrogen-bond acceptors (Lipinski definition) is 4. The summed E-state index contributed by atoms with van der Waals surface area (Å²) < 4.78 is 0. The molecule has 2 aliphatic heterocycles. The maximum Gasteiger partial charge on any atom is 0.230 e. The van der Waals surface area contributed by atoms with Crippen molar-refractivity contribution in [2.75, 3.05) is 24.5 Å². The Balaban J connectivity index is 1.49. The van der Waals surface area contributed by atoms with E-state index in [1.165, 1.54) is 5.56 Å². The van der Waals surface area contributed by atoms with Gasteiger partial charge < -0.3 is 14.9 Å². The van der Waals surface area contributed by atoms with E-state index in [-0.39, 0.29) is 11.5 Å². The molecule has 1 amide bonds. The predicted molar refractivity (Wildman–Crippen MR) is 97.4 cm³/mol. The second-order valence-corrected chi connectivity index (χ2v) is 8.21. The molecule has 1 spiro atoms. The van der Waals surface area contributed by atoms with Gasteiger partial charge in [-0.25, -0.2) is 4.98 Å².